The lowest BCUT2D eigenvalue weighted by Gasteiger charge is -2.63. The molecule has 8 unspecified atom stereocenters. The topological polar surface area (TPSA) is 118 Å². The Bertz CT molecular complexity index is 1380. The van der Waals surface area contributed by atoms with Gasteiger partial charge in [0.15, 0.2) is 0 Å². The molecule has 8 aliphatic rings. The molecule has 3 amide bonds. The number of hydrogen-bond acceptors (Lipinski definition) is 7. The second-order valence-corrected chi connectivity index (χ2v) is 19.1. The molecular formula is C39H61N3O7. The Morgan fingerprint density at radius 3 is 2.35 bits per heavy atom. The fourth-order valence-electron chi connectivity index (χ4n) is 14.1. The highest BCUT2D eigenvalue weighted by Crippen LogP contribution is 2.89. The molecule has 2 N–H and O–H groups in total. The zero-order chi connectivity index (χ0) is 34.9. The van der Waals surface area contributed by atoms with Crippen molar-refractivity contribution in [1.29, 1.82) is 0 Å². The monoisotopic (exact) mass is 683 g/mol. The van der Waals surface area contributed by atoms with Gasteiger partial charge in [0, 0.05) is 37.0 Å². The average Bonchev–Trinajstić information content (AvgIpc) is 3.65. The Balaban J connectivity index is 1.02. The van der Waals surface area contributed by atoms with Crippen LogP contribution in [0.4, 0.5) is 9.59 Å². The van der Waals surface area contributed by atoms with Gasteiger partial charge in [0.25, 0.3) is 0 Å². The molecule has 0 aromatic rings. The number of likely N-dealkylation sites (tertiary alicyclic amines) is 1. The van der Waals surface area contributed by atoms with E-state index < -0.39 is 6.10 Å². The van der Waals surface area contributed by atoms with E-state index in [0.29, 0.717) is 30.8 Å². The number of aliphatic hydroxyl groups excluding tert-OH is 1. The van der Waals surface area contributed by atoms with Gasteiger partial charge < -0.3 is 29.5 Å². The van der Waals surface area contributed by atoms with E-state index in [-0.39, 0.29) is 88.0 Å². The summed E-state index contributed by atoms with van der Waals surface area (Å²) in [4.78, 5) is 41.4. The van der Waals surface area contributed by atoms with Crippen molar-refractivity contribution < 1.29 is 33.7 Å². The lowest BCUT2D eigenvalue weighted by Crippen LogP contribution is -2.60. The number of nitrogens with one attached hydrogen (secondary N) is 1. The van der Waals surface area contributed by atoms with Crippen LogP contribution >= 0.6 is 0 Å². The van der Waals surface area contributed by atoms with E-state index >= 15 is 0 Å². The molecule has 8 rings (SSSR count). The van der Waals surface area contributed by atoms with Crippen molar-refractivity contribution in [1.82, 2.24) is 15.1 Å². The summed E-state index contributed by atoms with van der Waals surface area (Å²) in [5.41, 5.74) is -0.0744. The summed E-state index contributed by atoms with van der Waals surface area (Å²) >= 11 is 0. The molecule has 3 heterocycles. The second-order valence-electron chi connectivity index (χ2n) is 19.1. The lowest BCUT2D eigenvalue weighted by atomic mass is 9.41. The maximum Gasteiger partial charge on any atom is 0.410 e. The molecule has 0 aromatic heterocycles. The number of carbonyl (C=O) groups is 3. The number of rotatable bonds is 4. The van der Waals surface area contributed by atoms with Crippen LogP contribution in [0.1, 0.15) is 106 Å². The van der Waals surface area contributed by atoms with Gasteiger partial charge in [0.1, 0.15) is 18.8 Å². The molecule has 2 spiro atoms. The predicted octanol–water partition coefficient (Wildman–Crippen LogP) is 5.60. The summed E-state index contributed by atoms with van der Waals surface area (Å²) in [6, 6.07) is 0. The summed E-state index contributed by atoms with van der Waals surface area (Å²) in [6.45, 7) is 18.6. The Hall–Kier alpha value is -2.07. The third-order valence-electron chi connectivity index (χ3n) is 16.7. The quantitative estimate of drug-likeness (QED) is 0.396. The molecule has 0 bridgehead atoms. The molecule has 10 nitrogen and oxygen atoms in total. The summed E-state index contributed by atoms with van der Waals surface area (Å²) in [5.74, 6) is 1.47. The van der Waals surface area contributed by atoms with Crippen molar-refractivity contribution in [2.45, 2.75) is 137 Å². The van der Waals surface area contributed by atoms with E-state index in [1.165, 1.54) is 12.8 Å². The third kappa shape index (κ3) is 4.53. The number of aliphatic hydroxyl groups is 1. The molecule has 0 aromatic carbocycles. The highest BCUT2D eigenvalue weighted by molar-refractivity contribution is 5.83. The third-order valence-corrected chi connectivity index (χ3v) is 16.7. The molecule has 274 valence electrons. The van der Waals surface area contributed by atoms with Gasteiger partial charge in [-0.15, -0.1) is 0 Å². The van der Waals surface area contributed by atoms with Gasteiger partial charge in [0.2, 0.25) is 5.91 Å². The van der Waals surface area contributed by atoms with Crippen LogP contribution in [-0.4, -0.2) is 96.2 Å². The number of ether oxygens (including phenoxy) is 3. The van der Waals surface area contributed by atoms with Crippen LogP contribution in [0.5, 0.6) is 0 Å². The fourth-order valence-corrected chi connectivity index (χ4v) is 14.1. The van der Waals surface area contributed by atoms with E-state index in [2.05, 4.69) is 53.8 Å². The molecule has 5 saturated carbocycles. The van der Waals surface area contributed by atoms with Gasteiger partial charge in [-0.05, 0) is 104 Å². The highest BCUT2D eigenvalue weighted by atomic mass is 16.6. The zero-order valence-electron chi connectivity index (χ0n) is 31.0. The molecule has 8 fully saturated rings. The Morgan fingerprint density at radius 1 is 0.959 bits per heavy atom. The smallest absolute Gasteiger partial charge is 0.410 e. The van der Waals surface area contributed by atoms with Gasteiger partial charge in [0.05, 0.1) is 18.3 Å². The van der Waals surface area contributed by atoms with Gasteiger partial charge in [-0.3, -0.25) is 9.69 Å². The SMILES string of the molecule is CC(C)C(OC(=O)N1CCC1)C1C[C@@H](C)[C@H]2C(O1)[C@H](O)[C@@]1(C)C3CC[C@H]4C(C)(C)C(OC(=O)N5CCNC(=O)C5)CCC45CC35CCC21C. The first kappa shape index (κ1) is 34.0. The van der Waals surface area contributed by atoms with Gasteiger partial charge in [-0.1, -0.05) is 48.5 Å². The Labute approximate surface area is 292 Å². The normalized spacial score (nSPS) is 48.5. The first-order valence-corrected chi connectivity index (χ1v) is 19.6. The van der Waals surface area contributed by atoms with Crippen molar-refractivity contribution in [2.75, 3.05) is 32.7 Å². The maximum atomic E-state index is 13.2. The number of piperazine rings is 1. The average molecular weight is 684 g/mol. The Kier molecular flexibility index (Phi) is 7.79. The Morgan fingerprint density at radius 2 is 1.67 bits per heavy atom. The summed E-state index contributed by atoms with van der Waals surface area (Å²) in [5, 5.41) is 15.4. The van der Waals surface area contributed by atoms with E-state index in [9.17, 15) is 19.5 Å². The van der Waals surface area contributed by atoms with Crippen LogP contribution < -0.4 is 5.32 Å². The second kappa shape index (κ2) is 11.2. The molecule has 49 heavy (non-hydrogen) atoms. The standard InChI is InChI=1S/C39H61N3O7/c1-22(2)30(49-33(45)41-16-8-17-41)24-19-23(3)29-31(47-24)32(44)37(7)26-10-9-25-35(4,5)27(48-34(46)42-18-15-40-28(43)20-42)11-12-38(25)21-39(26,38)14-13-36(29,37)6/h22-27,29-32,44H,8-21H2,1-7H3,(H,40,43)/t23-,24?,25+,26?,27?,29+,30?,31?,32+,36?,37-,38?,39?/m1/s1. The van der Waals surface area contributed by atoms with Crippen molar-refractivity contribution in [3.63, 3.8) is 0 Å². The molecule has 0 radical (unpaired) electrons. The van der Waals surface area contributed by atoms with Crippen LogP contribution in [0, 0.1) is 56.7 Å². The van der Waals surface area contributed by atoms with Crippen LogP contribution in [0.2, 0.25) is 0 Å². The minimum atomic E-state index is -0.574. The summed E-state index contributed by atoms with van der Waals surface area (Å²) in [7, 11) is 0. The molecular weight excluding hydrogens is 622 g/mol. The number of nitrogens with zero attached hydrogens (tertiary/aromatic N) is 2. The lowest BCUT2D eigenvalue weighted by molar-refractivity contribution is -0.185. The fraction of sp³-hybridized carbons (Fsp3) is 0.923. The van der Waals surface area contributed by atoms with Crippen LogP contribution in [0.25, 0.3) is 0 Å². The zero-order valence-corrected chi connectivity index (χ0v) is 31.0. The van der Waals surface area contributed by atoms with Crippen LogP contribution in [0.15, 0.2) is 0 Å². The number of hydrogen-bond donors (Lipinski definition) is 2. The largest absolute Gasteiger partial charge is 0.446 e. The van der Waals surface area contributed by atoms with Crippen molar-refractivity contribution in [2.24, 2.45) is 56.7 Å². The van der Waals surface area contributed by atoms with Crippen molar-refractivity contribution in [3.8, 4) is 0 Å². The van der Waals surface area contributed by atoms with E-state index in [0.717, 1.165) is 58.0 Å². The first-order chi connectivity index (χ1) is 23.1. The molecule has 5 aliphatic carbocycles. The van der Waals surface area contributed by atoms with E-state index in [1.54, 1.807) is 9.80 Å². The van der Waals surface area contributed by atoms with Crippen LogP contribution in [-0.2, 0) is 19.0 Å². The number of amides is 3. The maximum absolute atomic E-state index is 13.2. The van der Waals surface area contributed by atoms with Gasteiger partial charge >= 0.3 is 12.2 Å². The van der Waals surface area contributed by atoms with Crippen molar-refractivity contribution >= 4 is 18.1 Å². The van der Waals surface area contributed by atoms with E-state index in [4.69, 9.17) is 14.2 Å². The number of fused-ring (bicyclic) bond motifs is 4. The highest BCUT2D eigenvalue weighted by Gasteiger charge is 2.84. The van der Waals surface area contributed by atoms with Gasteiger partial charge in [-0.2, -0.15) is 0 Å². The minimum absolute atomic E-state index is 0.0430. The number of carbonyl (C=O) groups excluding carboxylic acids is 3. The molecule has 13 atom stereocenters. The minimum Gasteiger partial charge on any atom is -0.446 e. The van der Waals surface area contributed by atoms with Crippen LogP contribution in [0.3, 0.4) is 0 Å². The van der Waals surface area contributed by atoms with Crippen molar-refractivity contribution in [3.05, 3.63) is 0 Å². The predicted molar refractivity (Wildman–Crippen MR) is 182 cm³/mol. The first-order valence-electron chi connectivity index (χ1n) is 19.6. The van der Waals surface area contributed by atoms with Gasteiger partial charge in [-0.25, -0.2) is 9.59 Å². The molecule has 10 heteroatoms. The van der Waals surface area contributed by atoms with E-state index in [1.807, 2.05) is 0 Å². The summed E-state index contributed by atoms with van der Waals surface area (Å²) < 4.78 is 19.4. The summed E-state index contributed by atoms with van der Waals surface area (Å²) in [6.07, 6.45) is 7.27. The molecule has 3 saturated heterocycles. The molecule has 3 aliphatic heterocycles.